The Morgan fingerprint density at radius 1 is 1.12 bits per heavy atom. The van der Waals surface area contributed by atoms with Crippen molar-refractivity contribution in [3.8, 4) is 11.5 Å². The molecule has 1 aromatic carbocycles. The van der Waals surface area contributed by atoms with E-state index in [0.29, 0.717) is 22.6 Å². The predicted molar refractivity (Wildman–Crippen MR) is 92.7 cm³/mol. The summed E-state index contributed by atoms with van der Waals surface area (Å²) >= 11 is 0. The molecule has 0 spiro atoms. The SMILES string of the molecule is CCOC(=O)C(=Cc1ccc(OC)c(OC)c1)C(=O)c1cccnc1. The van der Waals surface area contributed by atoms with Crippen molar-refractivity contribution < 1.29 is 23.8 Å². The molecule has 0 aliphatic carbocycles. The smallest absolute Gasteiger partial charge is 0.342 e. The van der Waals surface area contributed by atoms with Gasteiger partial charge in [-0.1, -0.05) is 6.07 Å². The molecular weight excluding hydrogens is 322 g/mol. The first kappa shape index (κ1) is 18.2. The monoisotopic (exact) mass is 341 g/mol. The van der Waals surface area contributed by atoms with Gasteiger partial charge < -0.3 is 14.2 Å². The molecule has 1 heterocycles. The van der Waals surface area contributed by atoms with Crippen molar-refractivity contribution in [2.24, 2.45) is 0 Å². The number of carbonyl (C=O) groups excluding carboxylic acids is 2. The zero-order chi connectivity index (χ0) is 18.2. The van der Waals surface area contributed by atoms with Crippen LogP contribution in [0.25, 0.3) is 6.08 Å². The quantitative estimate of drug-likeness (QED) is 0.253. The molecule has 25 heavy (non-hydrogen) atoms. The summed E-state index contributed by atoms with van der Waals surface area (Å²) in [7, 11) is 3.04. The van der Waals surface area contributed by atoms with Gasteiger partial charge in [-0.3, -0.25) is 9.78 Å². The summed E-state index contributed by atoms with van der Waals surface area (Å²) in [4.78, 5) is 28.8. The van der Waals surface area contributed by atoms with Gasteiger partial charge in [-0.15, -0.1) is 0 Å². The van der Waals surface area contributed by atoms with Crippen LogP contribution in [0.4, 0.5) is 0 Å². The van der Waals surface area contributed by atoms with Crippen molar-refractivity contribution in [2.75, 3.05) is 20.8 Å². The van der Waals surface area contributed by atoms with Crippen LogP contribution in [0.5, 0.6) is 11.5 Å². The van der Waals surface area contributed by atoms with E-state index in [0.717, 1.165) is 0 Å². The Kier molecular flexibility index (Phi) is 6.28. The number of ketones is 1. The number of pyridine rings is 1. The van der Waals surface area contributed by atoms with Gasteiger partial charge in [0.15, 0.2) is 11.5 Å². The van der Waals surface area contributed by atoms with E-state index in [4.69, 9.17) is 14.2 Å². The van der Waals surface area contributed by atoms with E-state index in [-0.39, 0.29) is 12.2 Å². The highest BCUT2D eigenvalue weighted by atomic mass is 16.5. The molecule has 0 atom stereocenters. The molecule has 0 aliphatic heterocycles. The zero-order valence-electron chi connectivity index (χ0n) is 14.3. The summed E-state index contributed by atoms with van der Waals surface area (Å²) in [5, 5.41) is 0. The third-order valence-electron chi connectivity index (χ3n) is 3.38. The van der Waals surface area contributed by atoms with E-state index in [1.54, 1.807) is 43.5 Å². The van der Waals surface area contributed by atoms with Gasteiger partial charge in [0.05, 0.1) is 20.8 Å². The standard InChI is InChI=1S/C19H19NO5/c1-4-25-19(22)15(18(21)14-6-5-9-20-12-14)10-13-7-8-16(23-2)17(11-13)24-3/h5-12H,4H2,1-3H3. The fourth-order valence-electron chi connectivity index (χ4n) is 2.19. The number of Topliss-reactive ketones (excluding diaryl/α,β-unsaturated/α-hetero) is 1. The van der Waals surface area contributed by atoms with Crippen molar-refractivity contribution in [3.05, 3.63) is 59.4 Å². The number of hydrogen-bond donors (Lipinski definition) is 0. The Hall–Kier alpha value is -3.15. The molecule has 130 valence electrons. The molecule has 1 aromatic heterocycles. The average Bonchev–Trinajstić information content (AvgIpc) is 2.66. The van der Waals surface area contributed by atoms with Crippen LogP contribution >= 0.6 is 0 Å². The molecule has 6 heteroatoms. The number of esters is 1. The number of nitrogens with zero attached hydrogens (tertiary/aromatic N) is 1. The number of ether oxygens (including phenoxy) is 3. The molecule has 0 fully saturated rings. The van der Waals surface area contributed by atoms with Gasteiger partial charge in [-0.25, -0.2) is 4.79 Å². The minimum Gasteiger partial charge on any atom is -0.493 e. The van der Waals surface area contributed by atoms with Crippen molar-refractivity contribution in [1.82, 2.24) is 4.98 Å². The van der Waals surface area contributed by atoms with E-state index >= 15 is 0 Å². The molecule has 0 aliphatic rings. The maximum atomic E-state index is 12.7. The molecule has 0 radical (unpaired) electrons. The molecule has 0 N–H and O–H groups in total. The number of aromatic nitrogens is 1. The lowest BCUT2D eigenvalue weighted by Gasteiger charge is -2.09. The van der Waals surface area contributed by atoms with Crippen molar-refractivity contribution in [2.45, 2.75) is 6.92 Å². The molecule has 2 aromatic rings. The third-order valence-corrected chi connectivity index (χ3v) is 3.38. The highest BCUT2D eigenvalue weighted by Gasteiger charge is 2.21. The first-order chi connectivity index (χ1) is 12.1. The van der Waals surface area contributed by atoms with Crippen molar-refractivity contribution in [3.63, 3.8) is 0 Å². The van der Waals surface area contributed by atoms with Gasteiger partial charge in [0.1, 0.15) is 5.57 Å². The largest absolute Gasteiger partial charge is 0.493 e. The van der Waals surface area contributed by atoms with Gasteiger partial charge >= 0.3 is 5.97 Å². The van der Waals surface area contributed by atoms with Crippen LogP contribution in [0.3, 0.4) is 0 Å². The molecular formula is C19H19NO5. The Morgan fingerprint density at radius 3 is 2.48 bits per heavy atom. The van der Waals surface area contributed by atoms with Crippen LogP contribution in [0.1, 0.15) is 22.8 Å². The molecule has 0 saturated carbocycles. The van der Waals surface area contributed by atoms with Gasteiger partial charge in [0.25, 0.3) is 0 Å². The van der Waals surface area contributed by atoms with Crippen LogP contribution in [-0.4, -0.2) is 37.6 Å². The highest BCUT2D eigenvalue weighted by Crippen LogP contribution is 2.28. The van der Waals surface area contributed by atoms with Crippen LogP contribution in [0.2, 0.25) is 0 Å². The fraction of sp³-hybridized carbons (Fsp3) is 0.211. The zero-order valence-corrected chi connectivity index (χ0v) is 14.3. The van der Waals surface area contributed by atoms with Crippen LogP contribution < -0.4 is 9.47 Å². The number of hydrogen-bond acceptors (Lipinski definition) is 6. The number of rotatable bonds is 7. The lowest BCUT2D eigenvalue weighted by atomic mass is 10.0. The summed E-state index contributed by atoms with van der Waals surface area (Å²) < 4.78 is 15.4. The lowest BCUT2D eigenvalue weighted by Crippen LogP contribution is -2.16. The summed E-state index contributed by atoms with van der Waals surface area (Å²) in [6.45, 7) is 1.85. The van der Waals surface area contributed by atoms with Crippen molar-refractivity contribution in [1.29, 1.82) is 0 Å². The van der Waals surface area contributed by atoms with Crippen LogP contribution in [-0.2, 0) is 9.53 Å². The molecule has 6 nitrogen and oxygen atoms in total. The summed E-state index contributed by atoms with van der Waals surface area (Å²) in [6, 6.07) is 8.32. The first-order valence-electron chi connectivity index (χ1n) is 7.66. The van der Waals surface area contributed by atoms with Gasteiger partial charge in [0.2, 0.25) is 5.78 Å². The van der Waals surface area contributed by atoms with Gasteiger partial charge in [-0.2, -0.15) is 0 Å². The Balaban J connectivity index is 2.46. The predicted octanol–water partition coefficient (Wildman–Crippen LogP) is 2.93. The Morgan fingerprint density at radius 2 is 1.88 bits per heavy atom. The molecule has 0 saturated heterocycles. The second-order valence-corrected chi connectivity index (χ2v) is 4.96. The number of methoxy groups -OCH3 is 2. The number of benzene rings is 1. The van der Waals surface area contributed by atoms with Crippen LogP contribution in [0, 0.1) is 0 Å². The fourth-order valence-corrected chi connectivity index (χ4v) is 2.19. The van der Waals surface area contributed by atoms with E-state index < -0.39 is 11.8 Å². The maximum Gasteiger partial charge on any atom is 0.342 e. The Bertz CT molecular complexity index is 784. The summed E-state index contributed by atoms with van der Waals surface area (Å²) in [5.74, 6) is -0.100. The summed E-state index contributed by atoms with van der Waals surface area (Å²) in [5.41, 5.74) is 0.835. The van der Waals surface area contributed by atoms with E-state index in [1.165, 1.54) is 26.5 Å². The lowest BCUT2D eigenvalue weighted by molar-refractivity contribution is -0.137. The topological polar surface area (TPSA) is 74.7 Å². The maximum absolute atomic E-state index is 12.7. The molecule has 0 unspecified atom stereocenters. The Labute approximate surface area is 146 Å². The second kappa shape index (κ2) is 8.63. The third kappa shape index (κ3) is 4.44. The second-order valence-electron chi connectivity index (χ2n) is 4.96. The van der Waals surface area contributed by atoms with Crippen molar-refractivity contribution >= 4 is 17.8 Å². The average molecular weight is 341 g/mol. The van der Waals surface area contributed by atoms with E-state index in [1.807, 2.05) is 0 Å². The molecule has 0 bridgehead atoms. The summed E-state index contributed by atoms with van der Waals surface area (Å²) in [6.07, 6.45) is 4.43. The van der Waals surface area contributed by atoms with Gasteiger partial charge in [-0.05, 0) is 42.8 Å². The van der Waals surface area contributed by atoms with Gasteiger partial charge in [0, 0.05) is 18.0 Å². The van der Waals surface area contributed by atoms with E-state index in [9.17, 15) is 9.59 Å². The van der Waals surface area contributed by atoms with E-state index in [2.05, 4.69) is 4.98 Å². The number of carbonyl (C=O) groups is 2. The minimum absolute atomic E-state index is 0.0814. The highest BCUT2D eigenvalue weighted by molar-refractivity contribution is 6.26. The molecule has 2 rings (SSSR count). The first-order valence-corrected chi connectivity index (χ1v) is 7.66. The normalized spacial score (nSPS) is 10.9. The minimum atomic E-state index is -0.689. The van der Waals surface area contributed by atoms with Crippen LogP contribution in [0.15, 0.2) is 48.3 Å². The molecule has 0 amide bonds.